The van der Waals surface area contributed by atoms with E-state index in [1.54, 1.807) is 7.05 Å². The van der Waals surface area contributed by atoms with Crippen LogP contribution in [0.4, 0.5) is 0 Å². The van der Waals surface area contributed by atoms with Crippen LogP contribution in [0.3, 0.4) is 0 Å². The first kappa shape index (κ1) is 19.0. The van der Waals surface area contributed by atoms with E-state index in [2.05, 4.69) is 47.4 Å². The molecule has 0 spiro atoms. The molecule has 0 saturated carbocycles. The summed E-state index contributed by atoms with van der Waals surface area (Å²) < 4.78 is 5.51. The van der Waals surface area contributed by atoms with Crippen LogP contribution < -0.4 is 10.6 Å². The number of rotatable bonds is 5. The zero-order valence-corrected chi connectivity index (χ0v) is 15.8. The molecule has 1 heterocycles. The fraction of sp³-hybridized carbons (Fsp3) is 0.611. The number of hydrogen-bond donors (Lipinski definition) is 2. The average Bonchev–Trinajstić information content (AvgIpc) is 2.58. The summed E-state index contributed by atoms with van der Waals surface area (Å²) in [5.41, 5.74) is 1.14. The summed E-state index contributed by atoms with van der Waals surface area (Å²) in [6.45, 7) is 10.00. The average molecular weight is 353 g/mol. The van der Waals surface area contributed by atoms with Crippen molar-refractivity contribution in [2.24, 2.45) is 4.99 Å². The molecule has 0 radical (unpaired) electrons. The van der Waals surface area contributed by atoms with E-state index in [0.29, 0.717) is 12.1 Å². The van der Waals surface area contributed by atoms with Crippen molar-refractivity contribution in [1.29, 1.82) is 0 Å². The Labute approximate surface area is 150 Å². The zero-order valence-electron chi connectivity index (χ0n) is 15.1. The minimum absolute atomic E-state index is 0.132. The van der Waals surface area contributed by atoms with Crippen LogP contribution >= 0.6 is 11.6 Å². The van der Waals surface area contributed by atoms with E-state index in [1.165, 1.54) is 0 Å². The first-order chi connectivity index (χ1) is 11.5. The predicted octanol–water partition coefficient (Wildman–Crippen LogP) is 2.68. The molecule has 3 unspecified atom stereocenters. The molecule has 3 atom stereocenters. The second-order valence-electron chi connectivity index (χ2n) is 6.38. The quantitative estimate of drug-likeness (QED) is 0.632. The molecule has 134 valence electrons. The fourth-order valence-electron chi connectivity index (χ4n) is 3.02. The van der Waals surface area contributed by atoms with Crippen LogP contribution in [0.2, 0.25) is 5.02 Å². The van der Waals surface area contributed by atoms with Crippen molar-refractivity contribution in [3.8, 4) is 0 Å². The standard InChI is InChI=1S/C18H29ClN4O/c1-13(23-8-9-24-12-14(23)2)11-21-18(20-4)22-15(3)16-6-5-7-17(19)10-16/h5-7,10,13-15H,8-9,11-12H2,1-4H3,(H2,20,21,22). The topological polar surface area (TPSA) is 48.9 Å². The molecule has 1 aromatic carbocycles. The maximum atomic E-state index is 6.07. The lowest BCUT2D eigenvalue weighted by molar-refractivity contribution is -0.0174. The van der Waals surface area contributed by atoms with Gasteiger partial charge in [0.2, 0.25) is 0 Å². The number of benzene rings is 1. The Morgan fingerprint density at radius 2 is 2.25 bits per heavy atom. The Balaban J connectivity index is 1.85. The summed E-state index contributed by atoms with van der Waals surface area (Å²) >= 11 is 6.07. The van der Waals surface area contributed by atoms with E-state index in [1.807, 2.05) is 18.2 Å². The van der Waals surface area contributed by atoms with Gasteiger partial charge in [-0.1, -0.05) is 23.7 Å². The van der Waals surface area contributed by atoms with Gasteiger partial charge in [-0.25, -0.2) is 0 Å². The summed E-state index contributed by atoms with van der Waals surface area (Å²) in [6, 6.07) is 8.90. The zero-order chi connectivity index (χ0) is 17.5. The molecule has 2 rings (SSSR count). The molecule has 0 aromatic heterocycles. The number of hydrogen-bond acceptors (Lipinski definition) is 3. The highest BCUT2D eigenvalue weighted by atomic mass is 35.5. The first-order valence-corrected chi connectivity index (χ1v) is 8.95. The normalized spacial score (nSPS) is 22.0. The molecular weight excluding hydrogens is 324 g/mol. The third-order valence-electron chi connectivity index (χ3n) is 4.48. The molecule has 0 aliphatic carbocycles. The molecule has 0 bridgehead atoms. The van der Waals surface area contributed by atoms with Crippen molar-refractivity contribution < 1.29 is 4.74 Å². The van der Waals surface area contributed by atoms with Crippen LogP contribution in [-0.4, -0.2) is 56.3 Å². The van der Waals surface area contributed by atoms with Crippen LogP contribution in [0.5, 0.6) is 0 Å². The summed E-state index contributed by atoms with van der Waals surface area (Å²) in [5, 5.41) is 7.59. The molecule has 0 amide bonds. The van der Waals surface area contributed by atoms with Gasteiger partial charge in [0.1, 0.15) is 0 Å². The van der Waals surface area contributed by atoms with E-state index in [0.717, 1.165) is 42.8 Å². The highest BCUT2D eigenvalue weighted by molar-refractivity contribution is 6.30. The van der Waals surface area contributed by atoms with Gasteiger partial charge in [0.25, 0.3) is 0 Å². The molecule has 6 heteroatoms. The predicted molar refractivity (Wildman–Crippen MR) is 101 cm³/mol. The molecule has 5 nitrogen and oxygen atoms in total. The summed E-state index contributed by atoms with van der Waals surface area (Å²) in [4.78, 5) is 6.81. The van der Waals surface area contributed by atoms with E-state index < -0.39 is 0 Å². The van der Waals surface area contributed by atoms with Gasteiger partial charge in [-0.15, -0.1) is 0 Å². The van der Waals surface area contributed by atoms with Crippen LogP contribution in [0.25, 0.3) is 0 Å². The van der Waals surface area contributed by atoms with Crippen LogP contribution in [0, 0.1) is 0 Å². The molecular formula is C18H29ClN4O. The highest BCUT2D eigenvalue weighted by Gasteiger charge is 2.23. The van der Waals surface area contributed by atoms with Gasteiger partial charge in [0.15, 0.2) is 5.96 Å². The molecule has 1 aliphatic rings. The SMILES string of the molecule is CN=C(NCC(C)N1CCOCC1C)NC(C)c1cccc(Cl)c1. The summed E-state index contributed by atoms with van der Waals surface area (Å²) in [7, 11) is 1.79. The molecule has 24 heavy (non-hydrogen) atoms. The number of halogens is 1. The van der Waals surface area contributed by atoms with Crippen molar-refractivity contribution in [2.45, 2.75) is 38.9 Å². The van der Waals surface area contributed by atoms with Gasteiger partial charge >= 0.3 is 0 Å². The van der Waals surface area contributed by atoms with Gasteiger partial charge in [0, 0.05) is 37.2 Å². The number of morpholine rings is 1. The van der Waals surface area contributed by atoms with Gasteiger partial charge in [-0.05, 0) is 38.5 Å². The van der Waals surface area contributed by atoms with Crippen LogP contribution in [0.1, 0.15) is 32.4 Å². The Kier molecular flexibility index (Phi) is 7.34. The third-order valence-corrected chi connectivity index (χ3v) is 4.71. The third kappa shape index (κ3) is 5.36. The Morgan fingerprint density at radius 3 is 2.92 bits per heavy atom. The number of guanidine groups is 1. The van der Waals surface area contributed by atoms with Gasteiger partial charge < -0.3 is 15.4 Å². The van der Waals surface area contributed by atoms with E-state index in [9.17, 15) is 0 Å². The largest absolute Gasteiger partial charge is 0.379 e. The molecule has 1 fully saturated rings. The Hall–Kier alpha value is -1.30. The van der Waals surface area contributed by atoms with Gasteiger partial charge in [0.05, 0.1) is 19.3 Å². The highest BCUT2D eigenvalue weighted by Crippen LogP contribution is 2.17. The lowest BCUT2D eigenvalue weighted by Gasteiger charge is -2.38. The number of nitrogens with one attached hydrogen (secondary N) is 2. The maximum Gasteiger partial charge on any atom is 0.191 e. The molecule has 1 saturated heterocycles. The van der Waals surface area contributed by atoms with Gasteiger partial charge in [-0.2, -0.15) is 0 Å². The minimum Gasteiger partial charge on any atom is -0.379 e. The lowest BCUT2D eigenvalue weighted by atomic mass is 10.1. The number of nitrogens with zero attached hydrogens (tertiary/aromatic N) is 2. The van der Waals surface area contributed by atoms with Crippen molar-refractivity contribution >= 4 is 17.6 Å². The van der Waals surface area contributed by atoms with Crippen molar-refractivity contribution in [3.63, 3.8) is 0 Å². The van der Waals surface area contributed by atoms with Crippen molar-refractivity contribution in [3.05, 3.63) is 34.9 Å². The molecule has 1 aliphatic heterocycles. The molecule has 1 aromatic rings. The van der Waals surface area contributed by atoms with E-state index in [4.69, 9.17) is 16.3 Å². The monoisotopic (exact) mass is 352 g/mol. The van der Waals surface area contributed by atoms with E-state index >= 15 is 0 Å². The minimum atomic E-state index is 0.132. The fourth-order valence-corrected chi connectivity index (χ4v) is 3.21. The Morgan fingerprint density at radius 1 is 1.46 bits per heavy atom. The summed E-state index contributed by atoms with van der Waals surface area (Å²) in [6.07, 6.45) is 0. The molecule has 2 N–H and O–H groups in total. The summed E-state index contributed by atoms with van der Waals surface area (Å²) in [5.74, 6) is 0.801. The number of aliphatic imine (C=N–C) groups is 1. The maximum absolute atomic E-state index is 6.07. The van der Waals surface area contributed by atoms with Crippen LogP contribution in [0.15, 0.2) is 29.3 Å². The smallest absolute Gasteiger partial charge is 0.191 e. The Bertz CT molecular complexity index is 552. The van der Waals surface area contributed by atoms with Crippen molar-refractivity contribution in [2.75, 3.05) is 33.4 Å². The van der Waals surface area contributed by atoms with E-state index in [-0.39, 0.29) is 6.04 Å². The van der Waals surface area contributed by atoms with Gasteiger partial charge in [-0.3, -0.25) is 9.89 Å². The number of ether oxygens (including phenoxy) is 1. The van der Waals surface area contributed by atoms with Crippen LogP contribution in [-0.2, 0) is 4.74 Å². The first-order valence-electron chi connectivity index (χ1n) is 8.57. The second-order valence-corrected chi connectivity index (χ2v) is 6.82. The lowest BCUT2D eigenvalue weighted by Crippen LogP contribution is -2.53. The van der Waals surface area contributed by atoms with Crippen molar-refractivity contribution in [1.82, 2.24) is 15.5 Å². The second kappa shape index (κ2) is 9.25.